The molecular weight excluding hydrogens is 445 g/mol. The van der Waals surface area contributed by atoms with Crippen LogP contribution in [0.4, 0.5) is 0 Å². The summed E-state index contributed by atoms with van der Waals surface area (Å²) in [6.07, 6.45) is 7.44. The molecule has 2 aliphatic carbocycles. The number of benzene rings is 2. The molecule has 1 aliphatic heterocycles. The van der Waals surface area contributed by atoms with Gasteiger partial charge in [0.05, 0.1) is 9.52 Å². The van der Waals surface area contributed by atoms with Crippen LogP contribution in [0, 0.1) is 5.92 Å². The molecular formula is C32H38SSi. The standard InChI is InChI=1S/C32H38SSi/c1-8-21-17-26-24(22-13-15-23(16-14-22)32(5,6)7)11-10-12-25(26)31(21)34-29-18-28-30(20(29)4)19(3)27(9-2)33-28/h10-18,30-31H,8-9,34H2,1-7H3. The van der Waals surface area contributed by atoms with Crippen LogP contribution in [-0.2, 0) is 5.41 Å². The van der Waals surface area contributed by atoms with Gasteiger partial charge in [0, 0.05) is 10.8 Å². The van der Waals surface area contributed by atoms with E-state index >= 15 is 0 Å². The van der Waals surface area contributed by atoms with Gasteiger partial charge >= 0.3 is 0 Å². The molecule has 0 saturated heterocycles. The van der Waals surface area contributed by atoms with Gasteiger partial charge in [-0.15, -0.1) is 0 Å². The Morgan fingerprint density at radius 3 is 2.24 bits per heavy atom. The number of thioether (sulfide) groups is 1. The maximum Gasteiger partial charge on any atom is 0.0675 e. The van der Waals surface area contributed by atoms with Crippen LogP contribution in [0.25, 0.3) is 17.2 Å². The van der Waals surface area contributed by atoms with Crippen molar-refractivity contribution in [2.45, 2.75) is 72.3 Å². The maximum absolute atomic E-state index is 2.59. The minimum absolute atomic E-state index is 0.187. The Morgan fingerprint density at radius 1 is 0.882 bits per heavy atom. The monoisotopic (exact) mass is 482 g/mol. The molecule has 5 rings (SSSR count). The van der Waals surface area contributed by atoms with Gasteiger partial charge < -0.3 is 0 Å². The first kappa shape index (κ1) is 23.7. The lowest BCUT2D eigenvalue weighted by atomic mass is 9.86. The molecule has 1 heterocycles. The van der Waals surface area contributed by atoms with Crippen LogP contribution >= 0.6 is 11.8 Å². The summed E-state index contributed by atoms with van der Waals surface area (Å²) in [5.41, 5.74) is 12.9. The second-order valence-electron chi connectivity index (χ2n) is 11.2. The highest BCUT2D eigenvalue weighted by Gasteiger charge is 2.36. The molecule has 0 amide bonds. The van der Waals surface area contributed by atoms with Gasteiger partial charge in [-0.3, -0.25) is 0 Å². The smallest absolute Gasteiger partial charge is 0.0675 e. The zero-order chi connectivity index (χ0) is 24.2. The van der Waals surface area contributed by atoms with Crippen LogP contribution in [0.5, 0.6) is 0 Å². The summed E-state index contributed by atoms with van der Waals surface area (Å²) in [6, 6.07) is 16.3. The third-order valence-corrected chi connectivity index (χ3v) is 12.2. The Hall–Kier alpha value is -2.03. The van der Waals surface area contributed by atoms with E-state index in [1.165, 1.54) is 28.7 Å². The lowest BCUT2D eigenvalue weighted by Crippen LogP contribution is -2.12. The van der Waals surface area contributed by atoms with Gasteiger partial charge in [-0.2, -0.15) is 0 Å². The molecule has 2 unspecified atom stereocenters. The van der Waals surface area contributed by atoms with Gasteiger partial charge in [0.1, 0.15) is 0 Å². The minimum atomic E-state index is -0.457. The second-order valence-corrected chi connectivity index (χ2v) is 14.4. The SMILES string of the molecule is CCC1=Cc2c(-c3ccc(C(C)(C)C)cc3)cccc2C1[SiH2]C1=C(C)C2C(=C1)SC(CC)=C2C. The lowest BCUT2D eigenvalue weighted by Gasteiger charge is -2.20. The molecule has 2 aromatic carbocycles. The van der Waals surface area contributed by atoms with Crippen LogP contribution in [0.3, 0.4) is 0 Å². The van der Waals surface area contributed by atoms with E-state index in [2.05, 4.69) is 115 Å². The molecule has 0 aromatic heterocycles. The van der Waals surface area contributed by atoms with Crippen LogP contribution in [-0.4, -0.2) is 9.52 Å². The summed E-state index contributed by atoms with van der Waals surface area (Å²) in [7, 11) is -0.457. The molecule has 0 bridgehead atoms. The molecule has 0 saturated carbocycles. The summed E-state index contributed by atoms with van der Waals surface area (Å²) in [6.45, 7) is 16.3. The number of hydrogen-bond donors (Lipinski definition) is 0. The van der Waals surface area contributed by atoms with E-state index in [1.54, 1.807) is 37.3 Å². The quantitative estimate of drug-likeness (QED) is 0.383. The Bertz CT molecular complexity index is 1260. The fraction of sp³-hybridized carbons (Fsp3) is 0.375. The van der Waals surface area contributed by atoms with Crippen LogP contribution in [0.1, 0.15) is 83.5 Å². The molecule has 0 radical (unpaired) electrons. The number of allylic oxidation sites excluding steroid dienone is 7. The van der Waals surface area contributed by atoms with Crippen molar-refractivity contribution in [3.05, 3.63) is 97.0 Å². The molecule has 2 atom stereocenters. The normalized spacial score (nSPS) is 22.1. The number of rotatable bonds is 5. The Labute approximate surface area is 213 Å². The molecule has 0 fully saturated rings. The third-order valence-electron chi connectivity index (χ3n) is 8.16. The maximum atomic E-state index is 2.59. The Balaban J connectivity index is 1.49. The van der Waals surface area contributed by atoms with Crippen molar-refractivity contribution in [3.63, 3.8) is 0 Å². The summed E-state index contributed by atoms with van der Waals surface area (Å²) in [5, 5.41) is 1.71. The molecule has 2 heteroatoms. The molecule has 34 heavy (non-hydrogen) atoms. The first-order valence-corrected chi connectivity index (χ1v) is 15.3. The van der Waals surface area contributed by atoms with Crippen molar-refractivity contribution >= 4 is 27.4 Å². The van der Waals surface area contributed by atoms with Crippen LogP contribution in [0.15, 0.2) is 80.3 Å². The van der Waals surface area contributed by atoms with E-state index in [0.717, 1.165) is 6.42 Å². The first-order chi connectivity index (χ1) is 16.2. The van der Waals surface area contributed by atoms with E-state index in [1.807, 2.05) is 0 Å². The van der Waals surface area contributed by atoms with Gasteiger partial charge in [0.15, 0.2) is 0 Å². The van der Waals surface area contributed by atoms with Crippen molar-refractivity contribution in [3.8, 4) is 11.1 Å². The van der Waals surface area contributed by atoms with E-state index in [0.29, 0.717) is 11.5 Å². The van der Waals surface area contributed by atoms with Crippen molar-refractivity contribution in [2.75, 3.05) is 0 Å². The summed E-state index contributed by atoms with van der Waals surface area (Å²) >= 11 is 2.06. The number of hydrogen-bond acceptors (Lipinski definition) is 1. The average molecular weight is 483 g/mol. The fourth-order valence-corrected chi connectivity index (χ4v) is 10.2. The summed E-state index contributed by atoms with van der Waals surface area (Å²) in [5.74, 6) is 0.588. The molecule has 0 spiro atoms. The van der Waals surface area contributed by atoms with Crippen molar-refractivity contribution in [2.24, 2.45) is 5.92 Å². The van der Waals surface area contributed by atoms with Gasteiger partial charge in [-0.25, -0.2) is 0 Å². The van der Waals surface area contributed by atoms with Gasteiger partial charge in [0.2, 0.25) is 0 Å². The molecule has 176 valence electrons. The van der Waals surface area contributed by atoms with E-state index in [9.17, 15) is 0 Å². The highest BCUT2D eigenvalue weighted by Crippen LogP contribution is 2.54. The average Bonchev–Trinajstić information content (AvgIpc) is 3.44. The van der Waals surface area contributed by atoms with Crippen molar-refractivity contribution in [1.82, 2.24) is 0 Å². The van der Waals surface area contributed by atoms with Crippen LogP contribution in [0.2, 0.25) is 0 Å². The largest absolute Gasteiger partial charge is 0.0981 e. The first-order valence-electron chi connectivity index (χ1n) is 13.0. The third kappa shape index (κ3) is 3.93. The molecule has 0 N–H and O–H groups in total. The highest BCUT2D eigenvalue weighted by atomic mass is 32.2. The topological polar surface area (TPSA) is 0 Å². The number of fused-ring (bicyclic) bond motifs is 2. The highest BCUT2D eigenvalue weighted by molar-refractivity contribution is 8.07. The molecule has 2 aromatic rings. The fourth-order valence-electron chi connectivity index (χ4n) is 6.09. The Morgan fingerprint density at radius 2 is 1.62 bits per heavy atom. The van der Waals surface area contributed by atoms with Crippen LogP contribution < -0.4 is 0 Å². The van der Waals surface area contributed by atoms with Crippen molar-refractivity contribution < 1.29 is 0 Å². The van der Waals surface area contributed by atoms with Crippen molar-refractivity contribution in [1.29, 1.82) is 0 Å². The second kappa shape index (κ2) is 8.88. The Kier molecular flexibility index (Phi) is 6.19. The predicted octanol–water partition coefficient (Wildman–Crippen LogP) is 8.89. The predicted molar refractivity (Wildman–Crippen MR) is 155 cm³/mol. The van der Waals surface area contributed by atoms with E-state index < -0.39 is 9.52 Å². The molecule has 0 nitrogen and oxygen atoms in total. The van der Waals surface area contributed by atoms with E-state index in [4.69, 9.17) is 0 Å². The zero-order valence-electron chi connectivity index (χ0n) is 21.9. The van der Waals surface area contributed by atoms with Gasteiger partial charge in [-0.1, -0.05) is 123 Å². The zero-order valence-corrected chi connectivity index (χ0v) is 24.1. The summed E-state index contributed by atoms with van der Waals surface area (Å²) < 4.78 is 0. The van der Waals surface area contributed by atoms with Gasteiger partial charge in [-0.05, 0) is 70.4 Å². The molecule has 3 aliphatic rings. The minimum Gasteiger partial charge on any atom is -0.0981 e. The van der Waals surface area contributed by atoms with Gasteiger partial charge in [0.25, 0.3) is 0 Å². The lowest BCUT2D eigenvalue weighted by molar-refractivity contribution is 0.590. The van der Waals surface area contributed by atoms with E-state index in [-0.39, 0.29) is 5.41 Å². The summed E-state index contributed by atoms with van der Waals surface area (Å²) in [4.78, 5) is 3.20.